The highest BCUT2D eigenvalue weighted by molar-refractivity contribution is 6.16. The molecule has 0 spiro atoms. The van der Waals surface area contributed by atoms with Gasteiger partial charge in [-0.2, -0.15) is 0 Å². The van der Waals surface area contributed by atoms with E-state index in [1.807, 2.05) is 12.3 Å². The molecule has 3 heterocycles. The molecule has 0 bridgehead atoms. The van der Waals surface area contributed by atoms with Gasteiger partial charge in [0, 0.05) is 68.2 Å². The summed E-state index contributed by atoms with van der Waals surface area (Å²) in [6.07, 6.45) is 5.18. The summed E-state index contributed by atoms with van der Waals surface area (Å²) in [6, 6.07) is 14.5. The van der Waals surface area contributed by atoms with Gasteiger partial charge in [-0.3, -0.25) is 19.6 Å². The van der Waals surface area contributed by atoms with Crippen LogP contribution >= 0.6 is 0 Å². The van der Waals surface area contributed by atoms with E-state index in [9.17, 15) is 9.90 Å². The van der Waals surface area contributed by atoms with Crippen LogP contribution in [0.1, 0.15) is 27.0 Å². The zero-order chi connectivity index (χ0) is 23.5. The normalized spacial score (nSPS) is 15.0. The first-order valence-electron chi connectivity index (χ1n) is 11.4. The number of benzene rings is 2. The van der Waals surface area contributed by atoms with Crippen LogP contribution in [0.3, 0.4) is 0 Å². The van der Waals surface area contributed by atoms with Crippen LogP contribution in [0.4, 0.5) is 0 Å². The van der Waals surface area contributed by atoms with Gasteiger partial charge in [0.2, 0.25) is 0 Å². The van der Waals surface area contributed by atoms with Crippen molar-refractivity contribution in [1.82, 2.24) is 14.8 Å². The molecule has 0 aliphatic carbocycles. The quantitative estimate of drug-likeness (QED) is 0.419. The van der Waals surface area contributed by atoms with Crippen LogP contribution in [0, 0.1) is 0 Å². The van der Waals surface area contributed by atoms with Crippen LogP contribution in [0.5, 0.6) is 11.5 Å². The fraction of sp³-hybridized carbons (Fsp3) is 0.259. The molecule has 1 aliphatic heterocycles. The van der Waals surface area contributed by atoms with Crippen LogP contribution < -0.4 is 4.74 Å². The number of piperazine rings is 1. The molecule has 5 rings (SSSR count). The Kier molecular flexibility index (Phi) is 6.29. The molecule has 1 saturated heterocycles. The van der Waals surface area contributed by atoms with E-state index in [2.05, 4.69) is 20.9 Å². The molecule has 7 nitrogen and oxygen atoms in total. The van der Waals surface area contributed by atoms with Crippen molar-refractivity contribution in [3.63, 3.8) is 0 Å². The van der Waals surface area contributed by atoms with E-state index in [0.717, 1.165) is 38.3 Å². The summed E-state index contributed by atoms with van der Waals surface area (Å²) < 4.78 is 11.0. The number of hydrogen-bond donors (Lipinski definition) is 1. The highest BCUT2D eigenvalue weighted by Gasteiger charge is 2.24. The minimum atomic E-state index is -0.161. The number of phenols is 1. The molecule has 0 amide bonds. The Labute approximate surface area is 198 Å². The Morgan fingerprint density at radius 1 is 1.06 bits per heavy atom. The van der Waals surface area contributed by atoms with Gasteiger partial charge >= 0.3 is 0 Å². The van der Waals surface area contributed by atoms with E-state index in [1.165, 1.54) is 11.8 Å². The lowest BCUT2D eigenvalue weighted by Gasteiger charge is -2.34. The molecule has 174 valence electrons. The first-order valence-corrected chi connectivity index (χ1v) is 11.4. The zero-order valence-corrected chi connectivity index (χ0v) is 19.1. The van der Waals surface area contributed by atoms with Gasteiger partial charge in [-0.1, -0.05) is 18.2 Å². The van der Waals surface area contributed by atoms with Crippen LogP contribution in [0.15, 0.2) is 71.6 Å². The predicted octanol–water partition coefficient (Wildman–Crippen LogP) is 4.09. The maximum Gasteiger partial charge on any atom is 0.197 e. The summed E-state index contributed by atoms with van der Waals surface area (Å²) >= 11 is 0. The average molecular weight is 458 g/mol. The topological polar surface area (TPSA) is 79.0 Å². The number of methoxy groups -OCH3 is 1. The van der Waals surface area contributed by atoms with Crippen molar-refractivity contribution in [3.05, 3.63) is 89.4 Å². The van der Waals surface area contributed by atoms with Crippen molar-refractivity contribution < 1.29 is 19.1 Å². The van der Waals surface area contributed by atoms with E-state index in [0.29, 0.717) is 34.4 Å². The Morgan fingerprint density at radius 2 is 1.85 bits per heavy atom. The standard InChI is InChI=1S/C27H27N3O4/c1-33-21-6-2-5-20(14-21)27(32)23-18-34-25-8-7-24(31)22(26(23)25)17-30-12-10-29(11-13-30)16-19-4-3-9-28-15-19/h2-9,14-15,18,31H,10-13,16-17H2,1H3. The molecule has 4 aromatic rings. The van der Waals surface area contributed by atoms with Gasteiger partial charge in [-0.15, -0.1) is 0 Å². The molecule has 7 heteroatoms. The molecule has 1 fully saturated rings. The van der Waals surface area contributed by atoms with Gasteiger partial charge in [-0.05, 0) is 35.9 Å². The van der Waals surface area contributed by atoms with Crippen LogP contribution in [0.25, 0.3) is 11.0 Å². The van der Waals surface area contributed by atoms with Crippen molar-refractivity contribution in [2.45, 2.75) is 13.1 Å². The molecule has 34 heavy (non-hydrogen) atoms. The number of phenolic OH excluding ortho intramolecular Hbond substituents is 1. The number of nitrogens with zero attached hydrogens (tertiary/aromatic N) is 3. The van der Waals surface area contributed by atoms with Crippen molar-refractivity contribution in [1.29, 1.82) is 0 Å². The number of fused-ring (bicyclic) bond motifs is 1. The summed E-state index contributed by atoms with van der Waals surface area (Å²) in [4.78, 5) is 22.3. The summed E-state index contributed by atoms with van der Waals surface area (Å²) in [7, 11) is 1.57. The summed E-state index contributed by atoms with van der Waals surface area (Å²) in [6.45, 7) is 5.00. The number of carbonyl (C=O) groups is 1. The lowest BCUT2D eigenvalue weighted by Crippen LogP contribution is -2.45. The number of ketones is 1. The van der Waals surface area contributed by atoms with E-state index < -0.39 is 0 Å². The average Bonchev–Trinajstić information content (AvgIpc) is 3.31. The monoisotopic (exact) mass is 457 g/mol. The highest BCUT2D eigenvalue weighted by atomic mass is 16.5. The van der Waals surface area contributed by atoms with Gasteiger partial charge in [0.05, 0.1) is 12.7 Å². The lowest BCUT2D eigenvalue weighted by atomic mass is 9.98. The fourth-order valence-corrected chi connectivity index (χ4v) is 4.52. The number of pyridine rings is 1. The molecule has 2 aromatic carbocycles. The van der Waals surface area contributed by atoms with Crippen molar-refractivity contribution >= 4 is 16.8 Å². The zero-order valence-electron chi connectivity index (χ0n) is 19.1. The third-order valence-electron chi connectivity index (χ3n) is 6.38. The predicted molar refractivity (Wildman–Crippen MR) is 129 cm³/mol. The van der Waals surface area contributed by atoms with E-state index in [-0.39, 0.29) is 11.5 Å². The number of furan rings is 1. The second-order valence-corrected chi connectivity index (χ2v) is 8.56. The SMILES string of the molecule is COc1cccc(C(=O)c2coc3ccc(O)c(CN4CCN(Cc5cccnc5)CC4)c23)c1. The summed E-state index contributed by atoms with van der Waals surface area (Å²) in [5, 5.41) is 11.4. The van der Waals surface area contributed by atoms with Gasteiger partial charge < -0.3 is 14.3 Å². The third kappa shape index (κ3) is 4.53. The third-order valence-corrected chi connectivity index (χ3v) is 6.38. The summed E-state index contributed by atoms with van der Waals surface area (Å²) in [5.41, 5.74) is 3.48. The van der Waals surface area contributed by atoms with Crippen molar-refractivity contribution in [3.8, 4) is 11.5 Å². The Bertz CT molecular complexity index is 1290. The molecular formula is C27H27N3O4. The van der Waals surface area contributed by atoms with Gasteiger partial charge in [0.15, 0.2) is 5.78 Å². The Morgan fingerprint density at radius 3 is 2.59 bits per heavy atom. The first-order chi connectivity index (χ1) is 16.6. The van der Waals surface area contributed by atoms with Gasteiger partial charge in [-0.25, -0.2) is 0 Å². The molecule has 1 aliphatic rings. The van der Waals surface area contributed by atoms with Gasteiger partial charge in [0.1, 0.15) is 23.3 Å². The second kappa shape index (κ2) is 9.67. The molecule has 0 saturated carbocycles. The van der Waals surface area contributed by atoms with E-state index in [1.54, 1.807) is 49.7 Å². The molecule has 0 atom stereocenters. The first kappa shape index (κ1) is 22.1. The number of rotatable bonds is 7. The number of carbonyl (C=O) groups excluding carboxylic acids is 1. The fourth-order valence-electron chi connectivity index (χ4n) is 4.52. The minimum Gasteiger partial charge on any atom is -0.508 e. The Balaban J connectivity index is 1.36. The molecule has 0 radical (unpaired) electrons. The van der Waals surface area contributed by atoms with Crippen molar-refractivity contribution in [2.75, 3.05) is 33.3 Å². The highest BCUT2D eigenvalue weighted by Crippen LogP contribution is 2.34. The lowest BCUT2D eigenvalue weighted by molar-refractivity contribution is 0.103. The summed E-state index contributed by atoms with van der Waals surface area (Å²) in [5.74, 6) is 0.628. The largest absolute Gasteiger partial charge is 0.508 e. The smallest absolute Gasteiger partial charge is 0.197 e. The van der Waals surface area contributed by atoms with Crippen LogP contribution in [-0.4, -0.2) is 59.0 Å². The molecule has 1 N–H and O–H groups in total. The number of aromatic hydroxyl groups is 1. The number of ether oxygens (including phenoxy) is 1. The van der Waals surface area contributed by atoms with Crippen LogP contribution in [-0.2, 0) is 13.1 Å². The maximum atomic E-state index is 13.3. The van der Waals surface area contributed by atoms with Crippen LogP contribution in [0.2, 0.25) is 0 Å². The molecule has 0 unspecified atom stereocenters. The van der Waals surface area contributed by atoms with E-state index in [4.69, 9.17) is 9.15 Å². The minimum absolute atomic E-state index is 0.161. The number of aromatic nitrogens is 1. The maximum absolute atomic E-state index is 13.3. The number of hydrogen-bond acceptors (Lipinski definition) is 7. The van der Waals surface area contributed by atoms with E-state index >= 15 is 0 Å². The van der Waals surface area contributed by atoms with Gasteiger partial charge in [0.25, 0.3) is 0 Å². The molecule has 2 aromatic heterocycles. The second-order valence-electron chi connectivity index (χ2n) is 8.56. The van der Waals surface area contributed by atoms with Crippen molar-refractivity contribution in [2.24, 2.45) is 0 Å². The Hall–Kier alpha value is -3.68. The molecular weight excluding hydrogens is 430 g/mol.